The van der Waals surface area contributed by atoms with Crippen molar-refractivity contribution < 1.29 is 13.9 Å². The molecule has 8 heteroatoms. The zero-order valence-electron chi connectivity index (χ0n) is 19.8. The number of aromatic nitrogens is 1. The zero-order chi connectivity index (χ0) is 24.7. The second-order valence-electron chi connectivity index (χ2n) is 9.38. The molecule has 0 amide bonds. The lowest BCUT2D eigenvalue weighted by Crippen LogP contribution is -2.48. The predicted molar refractivity (Wildman–Crippen MR) is 138 cm³/mol. The summed E-state index contributed by atoms with van der Waals surface area (Å²) in [7, 11) is 0. The number of hydrogen-bond acceptors (Lipinski definition) is 5. The van der Waals surface area contributed by atoms with Crippen molar-refractivity contribution in [1.29, 1.82) is 0 Å². The average molecular weight is 516 g/mol. The van der Waals surface area contributed by atoms with Gasteiger partial charge in [0.1, 0.15) is 23.3 Å². The lowest BCUT2D eigenvalue weighted by Gasteiger charge is -2.41. The second-order valence-corrected chi connectivity index (χ2v) is 10.2. The molecular weight excluding hydrogens is 488 g/mol. The number of halogens is 3. The molecule has 3 aromatic rings. The SMILES string of the molecule is Cc1nc(N)c(O[C@H](C)c2c(Cl)ccc(F)c2Cl)cc1-c1ccc2c(c1)OC1(CCNCC1)CC2. The first kappa shape index (κ1) is 24.2. The van der Waals surface area contributed by atoms with Gasteiger partial charge in [-0.25, -0.2) is 9.37 Å². The van der Waals surface area contributed by atoms with Crippen LogP contribution in [0.1, 0.15) is 49.1 Å². The average Bonchev–Trinajstić information content (AvgIpc) is 2.83. The van der Waals surface area contributed by atoms with Crippen molar-refractivity contribution in [1.82, 2.24) is 10.3 Å². The van der Waals surface area contributed by atoms with Crippen molar-refractivity contribution >= 4 is 29.0 Å². The number of nitrogen functional groups attached to an aromatic ring is 1. The standard InChI is InChI=1S/C27H28Cl2FN3O2/c1-15-19(18-4-3-17-7-8-27(35-22(17)13-18)9-11-32-12-10-27)14-23(26(31)33-15)34-16(2)24-20(28)5-6-21(30)25(24)29/h3-6,13-14,16,32H,7-12H2,1-2H3,(H2,31,33)/t16-/m1/s1. The van der Waals surface area contributed by atoms with Gasteiger partial charge in [0.2, 0.25) is 0 Å². The number of fused-ring (bicyclic) bond motifs is 1. The Bertz CT molecular complexity index is 1280. The Morgan fingerprint density at radius 2 is 1.91 bits per heavy atom. The van der Waals surface area contributed by atoms with E-state index >= 15 is 0 Å². The van der Waals surface area contributed by atoms with Gasteiger partial charge in [-0.1, -0.05) is 35.3 Å². The second kappa shape index (κ2) is 9.49. The molecule has 0 bridgehead atoms. The highest BCUT2D eigenvalue weighted by Crippen LogP contribution is 2.42. The molecule has 1 spiro atoms. The lowest BCUT2D eigenvalue weighted by molar-refractivity contribution is 0.0170. The molecule has 35 heavy (non-hydrogen) atoms. The highest BCUT2D eigenvalue weighted by Gasteiger charge is 2.37. The van der Waals surface area contributed by atoms with Gasteiger partial charge >= 0.3 is 0 Å². The number of ether oxygens (including phenoxy) is 2. The Kier molecular flexibility index (Phi) is 6.55. The Morgan fingerprint density at radius 1 is 1.14 bits per heavy atom. The largest absolute Gasteiger partial charge is 0.487 e. The van der Waals surface area contributed by atoms with E-state index in [9.17, 15) is 4.39 Å². The van der Waals surface area contributed by atoms with Crippen molar-refractivity contribution in [2.45, 2.75) is 51.2 Å². The Balaban J connectivity index is 1.46. The summed E-state index contributed by atoms with van der Waals surface area (Å²) >= 11 is 12.5. The number of aryl methyl sites for hydroxylation is 2. The van der Waals surface area contributed by atoms with Crippen LogP contribution in [0.25, 0.3) is 11.1 Å². The summed E-state index contributed by atoms with van der Waals surface area (Å²) < 4.78 is 26.7. The van der Waals surface area contributed by atoms with E-state index in [4.69, 9.17) is 38.4 Å². The maximum Gasteiger partial charge on any atom is 0.166 e. The van der Waals surface area contributed by atoms with Gasteiger partial charge in [-0.15, -0.1) is 0 Å². The monoisotopic (exact) mass is 515 g/mol. The van der Waals surface area contributed by atoms with E-state index in [2.05, 4.69) is 28.5 Å². The van der Waals surface area contributed by atoms with E-state index in [0.29, 0.717) is 16.3 Å². The fourth-order valence-corrected chi connectivity index (χ4v) is 5.74. The van der Waals surface area contributed by atoms with E-state index in [1.165, 1.54) is 17.7 Å². The third kappa shape index (κ3) is 4.67. The fraction of sp³-hybridized carbons (Fsp3) is 0.370. The number of benzene rings is 2. The molecule has 1 saturated heterocycles. The smallest absolute Gasteiger partial charge is 0.166 e. The molecule has 5 rings (SSSR count). The van der Waals surface area contributed by atoms with E-state index in [1.807, 2.05) is 13.0 Å². The van der Waals surface area contributed by atoms with Gasteiger partial charge in [-0.2, -0.15) is 0 Å². The number of rotatable bonds is 4. The molecule has 184 valence electrons. The molecule has 1 fully saturated rings. The molecule has 1 atom stereocenters. The van der Waals surface area contributed by atoms with Gasteiger partial charge in [0.25, 0.3) is 0 Å². The first-order valence-corrected chi connectivity index (χ1v) is 12.6. The number of piperidine rings is 1. The van der Waals surface area contributed by atoms with Gasteiger partial charge in [0, 0.05) is 21.8 Å². The minimum absolute atomic E-state index is 0.0671. The van der Waals surface area contributed by atoms with Crippen molar-refractivity contribution in [3.05, 3.63) is 69.1 Å². The number of hydrogen-bond donors (Lipinski definition) is 2. The van der Waals surface area contributed by atoms with Crippen LogP contribution in [0.3, 0.4) is 0 Å². The Morgan fingerprint density at radius 3 is 2.69 bits per heavy atom. The molecule has 0 saturated carbocycles. The number of anilines is 1. The van der Waals surface area contributed by atoms with Crippen LogP contribution in [0.15, 0.2) is 36.4 Å². The van der Waals surface area contributed by atoms with Gasteiger partial charge in [0.05, 0.1) is 5.02 Å². The summed E-state index contributed by atoms with van der Waals surface area (Å²) in [6.45, 7) is 5.62. The van der Waals surface area contributed by atoms with Crippen LogP contribution >= 0.6 is 23.2 Å². The number of nitrogens with one attached hydrogen (secondary N) is 1. The Hall–Kier alpha value is -2.54. The maximum absolute atomic E-state index is 14.0. The van der Waals surface area contributed by atoms with Crippen LogP contribution in [0.5, 0.6) is 11.5 Å². The van der Waals surface area contributed by atoms with E-state index in [0.717, 1.165) is 61.3 Å². The van der Waals surface area contributed by atoms with Crippen molar-refractivity contribution in [3.63, 3.8) is 0 Å². The normalized spacial score (nSPS) is 17.5. The molecule has 2 aliphatic rings. The quantitative estimate of drug-likeness (QED) is 0.379. The molecular formula is C27H28Cl2FN3O2. The van der Waals surface area contributed by atoms with Crippen LogP contribution in [0, 0.1) is 12.7 Å². The summed E-state index contributed by atoms with van der Waals surface area (Å²) in [5.41, 5.74) is 10.3. The summed E-state index contributed by atoms with van der Waals surface area (Å²) in [5, 5.41) is 3.68. The molecule has 0 aliphatic carbocycles. The van der Waals surface area contributed by atoms with Gasteiger partial charge in [-0.05, 0) is 88.0 Å². The number of pyridine rings is 1. The highest BCUT2D eigenvalue weighted by molar-refractivity contribution is 6.36. The Labute approximate surface area is 214 Å². The number of nitrogens with two attached hydrogens (primary N) is 1. The van der Waals surface area contributed by atoms with Crippen LogP contribution < -0.4 is 20.5 Å². The third-order valence-electron chi connectivity index (χ3n) is 7.06. The van der Waals surface area contributed by atoms with E-state index in [-0.39, 0.29) is 16.4 Å². The van der Waals surface area contributed by atoms with Crippen LogP contribution in [-0.4, -0.2) is 23.7 Å². The van der Waals surface area contributed by atoms with Gasteiger partial charge in [0.15, 0.2) is 11.6 Å². The van der Waals surface area contributed by atoms with Crippen molar-refractivity contribution in [2.75, 3.05) is 18.8 Å². The first-order valence-electron chi connectivity index (χ1n) is 11.9. The highest BCUT2D eigenvalue weighted by atomic mass is 35.5. The van der Waals surface area contributed by atoms with Crippen molar-refractivity contribution in [3.8, 4) is 22.6 Å². The molecule has 0 unspecified atom stereocenters. The minimum atomic E-state index is -0.642. The van der Waals surface area contributed by atoms with E-state index < -0.39 is 11.9 Å². The molecule has 2 aromatic carbocycles. The van der Waals surface area contributed by atoms with Gasteiger partial charge < -0.3 is 20.5 Å². The summed E-state index contributed by atoms with van der Waals surface area (Å²) in [4.78, 5) is 4.52. The van der Waals surface area contributed by atoms with Crippen LogP contribution in [0.2, 0.25) is 10.0 Å². The van der Waals surface area contributed by atoms with Crippen LogP contribution in [0.4, 0.5) is 10.2 Å². The molecule has 0 radical (unpaired) electrons. The van der Waals surface area contributed by atoms with Gasteiger partial charge in [-0.3, -0.25) is 0 Å². The van der Waals surface area contributed by atoms with Crippen LogP contribution in [-0.2, 0) is 6.42 Å². The topological polar surface area (TPSA) is 69.4 Å². The maximum atomic E-state index is 14.0. The molecule has 2 aliphatic heterocycles. The molecule has 3 N–H and O–H groups in total. The summed E-state index contributed by atoms with van der Waals surface area (Å²) in [6.07, 6.45) is 3.44. The number of nitrogens with zero attached hydrogens (tertiary/aromatic N) is 1. The third-order valence-corrected chi connectivity index (χ3v) is 7.78. The lowest BCUT2D eigenvalue weighted by atomic mass is 9.83. The molecule has 5 nitrogen and oxygen atoms in total. The zero-order valence-corrected chi connectivity index (χ0v) is 21.3. The molecule has 3 heterocycles. The summed E-state index contributed by atoms with van der Waals surface area (Å²) in [5.74, 6) is 0.992. The fourth-order valence-electron chi connectivity index (χ4n) is 5.06. The predicted octanol–water partition coefficient (Wildman–Crippen LogP) is 6.67. The van der Waals surface area contributed by atoms with E-state index in [1.54, 1.807) is 6.92 Å². The van der Waals surface area contributed by atoms with Crippen molar-refractivity contribution in [2.24, 2.45) is 0 Å². The first-order chi connectivity index (χ1) is 16.8. The minimum Gasteiger partial charge on any atom is -0.487 e. The summed E-state index contributed by atoms with van der Waals surface area (Å²) in [6, 6.07) is 10.8. The molecule has 1 aromatic heterocycles.